The van der Waals surface area contributed by atoms with E-state index in [-0.39, 0.29) is 36.9 Å². The fourth-order valence-corrected chi connectivity index (χ4v) is 11.2. The number of aliphatic hydroxyl groups is 7. The molecule has 10 heteroatoms. The van der Waals surface area contributed by atoms with E-state index in [0.29, 0.717) is 24.7 Å². The Labute approximate surface area is 275 Å². The molecule has 10 nitrogen and oxygen atoms in total. The van der Waals surface area contributed by atoms with Gasteiger partial charge in [-0.25, -0.2) is 0 Å². The zero-order valence-electron chi connectivity index (χ0n) is 29.0. The summed E-state index contributed by atoms with van der Waals surface area (Å²) in [6.45, 7) is 12.5. The summed E-state index contributed by atoms with van der Waals surface area (Å²) in [7, 11) is 1.43. The summed E-state index contributed by atoms with van der Waals surface area (Å²) in [4.78, 5) is 0. The lowest BCUT2D eigenvalue weighted by Crippen LogP contribution is -2.66. The summed E-state index contributed by atoms with van der Waals surface area (Å²) in [6.07, 6.45) is -0.432. The van der Waals surface area contributed by atoms with E-state index in [1.54, 1.807) is 0 Å². The van der Waals surface area contributed by atoms with Crippen molar-refractivity contribution in [1.29, 1.82) is 0 Å². The lowest BCUT2D eigenvalue weighted by atomic mass is 9.43. The van der Waals surface area contributed by atoms with Gasteiger partial charge in [0.1, 0.15) is 18.3 Å². The Kier molecular flexibility index (Phi) is 10.8. The molecule has 0 aromatic rings. The Hall–Kier alpha value is -0.660. The van der Waals surface area contributed by atoms with Crippen LogP contribution in [0, 0.1) is 46.3 Å². The van der Waals surface area contributed by atoms with E-state index in [2.05, 4.69) is 34.6 Å². The number of rotatable bonds is 10. The van der Waals surface area contributed by atoms with Crippen molar-refractivity contribution in [3.63, 3.8) is 0 Å². The number of hydrogen-bond acceptors (Lipinski definition) is 10. The Balaban J connectivity index is 1.36. The fraction of sp³-hybridized carbons (Fsp3) is 0.944. The Morgan fingerprint density at radius 2 is 1.65 bits per heavy atom. The highest BCUT2D eigenvalue weighted by molar-refractivity contribution is 5.33. The molecule has 17 atom stereocenters. The summed E-state index contributed by atoms with van der Waals surface area (Å²) < 4.78 is 17.3. The summed E-state index contributed by atoms with van der Waals surface area (Å²) in [5, 5.41) is 78.2. The number of ether oxygens (including phenoxy) is 3. The summed E-state index contributed by atoms with van der Waals surface area (Å²) >= 11 is 0. The zero-order valence-corrected chi connectivity index (χ0v) is 29.0. The largest absolute Gasteiger partial charge is 0.393 e. The molecule has 0 aromatic carbocycles. The molecule has 0 spiro atoms. The van der Waals surface area contributed by atoms with Crippen molar-refractivity contribution in [3.8, 4) is 0 Å². The van der Waals surface area contributed by atoms with Crippen LogP contribution in [0.5, 0.6) is 0 Å². The van der Waals surface area contributed by atoms with Crippen molar-refractivity contribution in [2.45, 2.75) is 154 Å². The third-order valence-corrected chi connectivity index (χ3v) is 13.5. The molecule has 46 heavy (non-hydrogen) atoms. The van der Waals surface area contributed by atoms with Gasteiger partial charge < -0.3 is 50.0 Å². The smallest absolute Gasteiger partial charge is 0.187 e. The van der Waals surface area contributed by atoms with Gasteiger partial charge in [0.15, 0.2) is 6.29 Å². The van der Waals surface area contributed by atoms with Crippen LogP contribution in [0.15, 0.2) is 11.6 Å². The third-order valence-electron chi connectivity index (χ3n) is 13.5. The van der Waals surface area contributed by atoms with Gasteiger partial charge >= 0.3 is 0 Å². The third kappa shape index (κ3) is 6.16. The molecule has 5 aliphatic rings. The van der Waals surface area contributed by atoms with E-state index in [1.807, 2.05) is 13.0 Å². The molecule has 0 unspecified atom stereocenters. The van der Waals surface area contributed by atoms with E-state index in [0.717, 1.165) is 37.7 Å². The van der Waals surface area contributed by atoms with Crippen LogP contribution in [0.3, 0.4) is 0 Å². The molecule has 4 fully saturated rings. The van der Waals surface area contributed by atoms with Gasteiger partial charge in [0.05, 0.1) is 42.7 Å². The maximum Gasteiger partial charge on any atom is 0.187 e. The number of fused-ring (bicyclic) bond motifs is 5. The van der Waals surface area contributed by atoms with Crippen LogP contribution in [0.4, 0.5) is 0 Å². The molecule has 4 aliphatic carbocycles. The summed E-state index contributed by atoms with van der Waals surface area (Å²) in [5.74, 6) is -0.0681. The molecule has 1 saturated heterocycles. The molecule has 1 heterocycles. The SMILES string of the molecule is CO[C@H]1[C@H](O[C@@H]2C=C3[C@H](O)C[C@@]4(O)[C@@H]5[C@H](O)[C@H](O)[C@H]([C@H](C)CC[C@H](C[C@H](C)O)C(C)C)[C@@]5(C)CC[C@@H]4[C@@]3(C)CC2)OC[C@@H](O)[C@@H]1O. The average Bonchev–Trinajstić information content (AvgIpc) is 3.18. The lowest BCUT2D eigenvalue weighted by Gasteiger charge is -2.64. The number of aliphatic hydroxyl groups excluding tert-OH is 6. The molecule has 0 bridgehead atoms. The van der Waals surface area contributed by atoms with Crippen LogP contribution in [0.25, 0.3) is 0 Å². The van der Waals surface area contributed by atoms with Gasteiger partial charge in [-0.15, -0.1) is 0 Å². The van der Waals surface area contributed by atoms with Crippen LogP contribution in [0.1, 0.15) is 92.9 Å². The predicted molar refractivity (Wildman–Crippen MR) is 171 cm³/mol. The Morgan fingerprint density at radius 3 is 2.28 bits per heavy atom. The molecule has 5 rings (SSSR count). The maximum absolute atomic E-state index is 12.7. The van der Waals surface area contributed by atoms with Gasteiger partial charge in [0.2, 0.25) is 0 Å². The Bertz CT molecular complexity index is 1080. The van der Waals surface area contributed by atoms with Crippen LogP contribution >= 0.6 is 0 Å². The highest BCUT2D eigenvalue weighted by Gasteiger charge is 2.72. The summed E-state index contributed by atoms with van der Waals surface area (Å²) in [6, 6.07) is 0. The van der Waals surface area contributed by atoms with E-state index < -0.39 is 71.4 Å². The maximum atomic E-state index is 12.7. The lowest BCUT2D eigenvalue weighted by molar-refractivity contribution is -0.285. The van der Waals surface area contributed by atoms with Crippen LogP contribution in [0.2, 0.25) is 0 Å². The van der Waals surface area contributed by atoms with E-state index in [1.165, 1.54) is 7.11 Å². The normalized spacial score (nSPS) is 49.5. The van der Waals surface area contributed by atoms with Gasteiger partial charge in [0, 0.05) is 19.4 Å². The predicted octanol–water partition coefficient (Wildman–Crippen LogP) is 2.53. The van der Waals surface area contributed by atoms with Crippen molar-refractivity contribution in [2.24, 2.45) is 46.3 Å². The monoisotopic (exact) mass is 654 g/mol. The highest BCUT2D eigenvalue weighted by atomic mass is 16.7. The van der Waals surface area contributed by atoms with Crippen molar-refractivity contribution in [3.05, 3.63) is 11.6 Å². The molecule has 0 aromatic heterocycles. The first kappa shape index (κ1) is 36.6. The first-order valence-electron chi connectivity index (χ1n) is 17.8. The van der Waals surface area contributed by atoms with Gasteiger partial charge in [-0.1, -0.05) is 47.1 Å². The molecule has 0 amide bonds. The minimum atomic E-state index is -1.36. The number of hydrogen-bond donors (Lipinski definition) is 7. The van der Waals surface area contributed by atoms with Crippen LogP contribution < -0.4 is 0 Å². The van der Waals surface area contributed by atoms with Gasteiger partial charge in [0.25, 0.3) is 0 Å². The average molecular weight is 655 g/mol. The van der Waals surface area contributed by atoms with Crippen molar-refractivity contribution in [2.75, 3.05) is 13.7 Å². The standard InChI is InChI=1S/C36H62O10/c1-18(2)21(14-20(4)37)9-8-19(3)27-29(41)30(42)32-35(27,6)13-11-26-34(5)12-10-22(15-23(34)24(38)16-36(26,32)43)46-33-31(44-7)28(40)25(39)17-45-33/h15,18-22,24-33,37-43H,8-14,16-17H2,1-7H3/t19-,20+,21-,22+,24-,25-,26-,27+,28+,29-,30-,31-,32-,33+,34+,35-,36+/m1/s1. The zero-order chi connectivity index (χ0) is 33.9. The van der Waals surface area contributed by atoms with Gasteiger partial charge in [-0.2, -0.15) is 0 Å². The first-order chi connectivity index (χ1) is 21.5. The fourth-order valence-electron chi connectivity index (χ4n) is 11.2. The number of methoxy groups -OCH3 is 1. The van der Waals surface area contributed by atoms with Crippen molar-refractivity contribution < 1.29 is 50.0 Å². The Morgan fingerprint density at radius 1 is 0.957 bits per heavy atom. The molecular formula is C36H62O10. The van der Waals surface area contributed by atoms with E-state index in [4.69, 9.17) is 14.2 Å². The minimum absolute atomic E-state index is 0.0709. The van der Waals surface area contributed by atoms with E-state index in [9.17, 15) is 35.7 Å². The minimum Gasteiger partial charge on any atom is -0.393 e. The van der Waals surface area contributed by atoms with Crippen LogP contribution in [-0.2, 0) is 14.2 Å². The quantitative estimate of drug-likeness (QED) is 0.174. The summed E-state index contributed by atoms with van der Waals surface area (Å²) in [5.41, 5.74) is -1.57. The highest BCUT2D eigenvalue weighted by Crippen LogP contribution is 2.69. The van der Waals surface area contributed by atoms with Gasteiger partial charge in [-0.05, 0) is 91.4 Å². The molecule has 0 radical (unpaired) electrons. The van der Waals surface area contributed by atoms with Crippen molar-refractivity contribution in [1.82, 2.24) is 0 Å². The molecule has 266 valence electrons. The van der Waals surface area contributed by atoms with Gasteiger partial charge in [-0.3, -0.25) is 0 Å². The van der Waals surface area contributed by atoms with Crippen LogP contribution in [-0.4, -0.2) is 110 Å². The second-order valence-corrected chi connectivity index (χ2v) is 16.6. The topological polar surface area (TPSA) is 169 Å². The molecule has 3 saturated carbocycles. The molecular weight excluding hydrogens is 592 g/mol. The molecule has 7 N–H and O–H groups in total. The second-order valence-electron chi connectivity index (χ2n) is 16.6. The first-order valence-corrected chi connectivity index (χ1v) is 17.8. The van der Waals surface area contributed by atoms with Crippen molar-refractivity contribution >= 4 is 0 Å². The second kappa shape index (κ2) is 13.6. The van der Waals surface area contributed by atoms with E-state index >= 15 is 0 Å². The molecule has 1 aliphatic heterocycles.